The molecule has 0 heterocycles. The fourth-order valence-corrected chi connectivity index (χ4v) is 0. The fourth-order valence-electron chi connectivity index (χ4n) is 0. The molecule has 0 fully saturated rings. The summed E-state index contributed by atoms with van der Waals surface area (Å²) in [5.41, 5.74) is 2.25. The first-order valence-corrected chi connectivity index (χ1v) is 0.707. The molecule has 0 radical (unpaired) electrons. The van der Waals surface area contributed by atoms with Crippen molar-refractivity contribution in [3.05, 3.63) is 18.9 Å². The second kappa shape index (κ2) is 26.9. The van der Waals surface area contributed by atoms with Gasteiger partial charge >= 0.3 is 0 Å². The average Bonchev–Trinajstić information content (AvgIpc) is 0.918. The second-order valence-electron chi connectivity index (χ2n) is 0.250. The number of rotatable bonds is 0. The minimum Gasteiger partial charge on any atom is -0.137 e. The fraction of sp³-hybridized carbons (Fsp3) is 0. The molecule has 0 aliphatic carbocycles. The Morgan fingerprint density at radius 3 is 1.25 bits per heavy atom. The zero-order chi connectivity index (χ0) is 2.71. The average molecular weight is 44.1 g/mol. The largest absolute Gasteiger partial charge is 0.137 e. The predicted molar refractivity (Wildman–Crippen MR) is 14.8 cm³/mol. The Labute approximate surface area is 26.2 Å². The predicted octanol–water partition coefficient (Wildman–Crippen LogP) is 0.957. The van der Waals surface area contributed by atoms with Gasteiger partial charge in [-0.15, -0.1) is 5.73 Å². The third kappa shape index (κ3) is 0.807. The molecule has 18 valence electrons. The monoisotopic (exact) mass is 44.0 g/mol. The molecule has 0 N–H and O–H groups in total. The van der Waals surface area contributed by atoms with E-state index in [-0.39, 0.29) is 6.15 Å². The molecule has 0 nitrogen and oxygen atoms in total. The summed E-state index contributed by atoms with van der Waals surface area (Å²) in [7, 11) is 0. The van der Waals surface area contributed by atoms with E-state index >= 15 is 0 Å². The van der Waals surface area contributed by atoms with E-state index in [1.807, 2.05) is 0 Å². The first-order chi connectivity index (χ1) is 1.41. The van der Waals surface area contributed by atoms with Crippen LogP contribution in [0, 0.1) is 6.15 Å². The Hall–Kier alpha value is -0.571. The number of hydrogen-bond donors (Lipinski definition) is 0. The van der Waals surface area contributed by atoms with Crippen LogP contribution in [0.15, 0.2) is 18.9 Å². The summed E-state index contributed by atoms with van der Waals surface area (Å²) in [5.74, 6) is 0. The molecule has 0 aromatic carbocycles. The van der Waals surface area contributed by atoms with Gasteiger partial charge in [0.05, 0.1) is 0 Å². The Morgan fingerprint density at radius 1 is 1.25 bits per heavy atom. The third-order valence-electron chi connectivity index (χ3n) is 0. The summed E-state index contributed by atoms with van der Waals surface area (Å²) < 4.78 is 0. The van der Waals surface area contributed by atoms with Crippen LogP contribution in [0.4, 0.5) is 0 Å². The van der Waals surface area contributed by atoms with Crippen LogP contribution in [0.3, 0.4) is 0 Å². The van der Waals surface area contributed by atoms with E-state index in [1.54, 1.807) is 0 Å². The molecule has 0 aliphatic rings. The molecule has 0 saturated heterocycles. The van der Waals surface area contributed by atoms with Gasteiger partial charge < -0.3 is 0 Å². The quantitative estimate of drug-likeness (QED) is 0.355. The van der Waals surface area contributed by atoms with E-state index in [4.69, 9.17) is 0 Å². The van der Waals surface area contributed by atoms with Crippen LogP contribution in [0.2, 0.25) is 0 Å². The topological polar surface area (TPSA) is 0 Å². The first kappa shape index (κ1) is 9.91. The van der Waals surface area contributed by atoms with Gasteiger partial charge in [-0.1, -0.05) is 13.2 Å². The maximum absolute atomic E-state index is 3.12. The summed E-state index contributed by atoms with van der Waals surface area (Å²) in [4.78, 5) is 0. The van der Waals surface area contributed by atoms with Crippen molar-refractivity contribution < 1.29 is 6.15 Å². The molecule has 0 amide bonds. The van der Waals surface area contributed by atoms with Crippen LogP contribution in [-0.2, 0) is 0 Å². The van der Waals surface area contributed by atoms with Crippen molar-refractivity contribution in [2.24, 2.45) is 0 Å². The van der Waals surface area contributed by atoms with Gasteiger partial charge in [-0.05, 0) is 0 Å². The van der Waals surface area contributed by atoms with Gasteiger partial charge in [0.2, 0.25) is 0 Å². The van der Waals surface area contributed by atoms with E-state index in [0.29, 0.717) is 0 Å². The molecular weight excluding hydrogens is 40.0 g/mol. The summed E-state index contributed by atoms with van der Waals surface area (Å²) in [6, 6.07) is 0. The molecule has 0 aromatic heterocycles. The normalized spacial score (nSPS) is 2.00. The Morgan fingerprint density at radius 2 is 1.25 bits per heavy atom. The van der Waals surface area contributed by atoms with Gasteiger partial charge in [0.15, 0.2) is 0 Å². The first-order valence-electron chi connectivity index (χ1n) is 0.707. The minimum absolute atomic E-state index is 0. The van der Waals surface area contributed by atoms with Gasteiger partial charge in [-0.3, -0.25) is 0 Å². The van der Waals surface area contributed by atoms with E-state index in [2.05, 4.69) is 18.9 Å². The SMILES string of the molecule is C=C=C.[He]. The van der Waals surface area contributed by atoms with Gasteiger partial charge in [0, 0.05) is 6.15 Å². The van der Waals surface area contributed by atoms with E-state index in [9.17, 15) is 0 Å². The minimum atomic E-state index is 0. The van der Waals surface area contributed by atoms with Crippen molar-refractivity contribution in [1.29, 1.82) is 0 Å². The zero-order valence-electron chi connectivity index (χ0n) is 2.62. The van der Waals surface area contributed by atoms with Crippen LogP contribution in [-0.4, -0.2) is 0 Å². The van der Waals surface area contributed by atoms with Crippen molar-refractivity contribution in [3.63, 3.8) is 0 Å². The maximum Gasteiger partial charge on any atom is 0 e. The molecule has 0 atom stereocenters. The van der Waals surface area contributed by atoms with Gasteiger partial charge in [-0.25, -0.2) is 0 Å². The number of hydrogen-bond acceptors (Lipinski definition) is 0. The van der Waals surface area contributed by atoms with Gasteiger partial charge in [0.25, 0.3) is 0 Å². The van der Waals surface area contributed by atoms with Crippen molar-refractivity contribution in [1.82, 2.24) is 0 Å². The van der Waals surface area contributed by atoms with Crippen molar-refractivity contribution in [2.45, 2.75) is 0 Å². The van der Waals surface area contributed by atoms with Gasteiger partial charge in [0.1, 0.15) is 0 Å². The van der Waals surface area contributed by atoms with Crippen molar-refractivity contribution >= 4 is 0 Å². The molecule has 0 aliphatic heterocycles. The molecule has 4 heavy (non-hydrogen) atoms. The van der Waals surface area contributed by atoms with Gasteiger partial charge in [-0.2, -0.15) is 0 Å². The molecule has 0 saturated carbocycles. The van der Waals surface area contributed by atoms with Crippen LogP contribution in [0.5, 0.6) is 0 Å². The molecular formula is C3H4He. The molecule has 0 spiro atoms. The summed E-state index contributed by atoms with van der Waals surface area (Å²) >= 11 is 0. The smallest absolute Gasteiger partial charge is 0 e. The second-order valence-corrected chi connectivity index (χ2v) is 0.250. The van der Waals surface area contributed by atoms with E-state index < -0.39 is 0 Å². The van der Waals surface area contributed by atoms with Crippen LogP contribution < -0.4 is 0 Å². The van der Waals surface area contributed by atoms with Crippen molar-refractivity contribution in [2.75, 3.05) is 0 Å². The van der Waals surface area contributed by atoms with E-state index in [0.717, 1.165) is 0 Å². The maximum atomic E-state index is 3.12. The van der Waals surface area contributed by atoms with Crippen LogP contribution >= 0.6 is 0 Å². The Balaban J connectivity index is 0. The standard InChI is InChI=1S/C3H4.He/c1-3-2;/h1-2H2;. The molecule has 1 heteroatoms. The Bertz CT molecular complexity index is 24.3. The summed E-state index contributed by atoms with van der Waals surface area (Å²) in [6.45, 7) is 6.25. The Kier molecular flexibility index (Phi) is 66.7. The van der Waals surface area contributed by atoms with Crippen LogP contribution in [0.1, 0.15) is 0 Å². The molecule has 0 bridgehead atoms. The molecule has 0 rings (SSSR count). The van der Waals surface area contributed by atoms with Crippen LogP contribution in [0.25, 0.3) is 0 Å². The van der Waals surface area contributed by atoms with E-state index in [1.165, 1.54) is 0 Å². The summed E-state index contributed by atoms with van der Waals surface area (Å²) in [6.07, 6.45) is 0. The zero-order valence-corrected chi connectivity index (χ0v) is 2.62. The van der Waals surface area contributed by atoms with Crippen molar-refractivity contribution in [3.8, 4) is 0 Å². The molecule has 0 aromatic rings. The molecule has 0 unspecified atom stereocenters. The summed E-state index contributed by atoms with van der Waals surface area (Å²) in [5, 5.41) is 0. The third-order valence-corrected chi connectivity index (χ3v) is 0.